The van der Waals surface area contributed by atoms with E-state index < -0.39 is 15.8 Å². The molecule has 0 radical (unpaired) electrons. The predicted octanol–water partition coefficient (Wildman–Crippen LogP) is 3.87. The lowest BCUT2D eigenvalue weighted by atomic mass is 10.2. The fourth-order valence-corrected chi connectivity index (χ4v) is 6.97. The minimum Gasteiger partial charge on any atom is -0.408 e. The molecule has 180 valence electrons. The molecule has 1 fully saturated rings. The SMILES string of the molecule is O=c1[nH]c2c(N3CCN(CCCCNS(=O)(=O)c4cc5cc(Cl)ccc5s4)CC3)cccc2o1. The van der Waals surface area contributed by atoms with Gasteiger partial charge in [0.2, 0.25) is 10.0 Å². The number of halogens is 1. The van der Waals surface area contributed by atoms with Gasteiger partial charge in [-0.1, -0.05) is 17.7 Å². The van der Waals surface area contributed by atoms with E-state index in [0.29, 0.717) is 21.4 Å². The molecule has 0 amide bonds. The van der Waals surface area contributed by atoms with Crippen LogP contribution in [0.1, 0.15) is 12.8 Å². The Morgan fingerprint density at radius 2 is 1.91 bits per heavy atom. The number of nitrogens with zero attached hydrogens (tertiary/aromatic N) is 2. The first-order chi connectivity index (χ1) is 16.4. The van der Waals surface area contributed by atoms with Crippen LogP contribution in [0.15, 0.2) is 55.9 Å². The van der Waals surface area contributed by atoms with Crippen molar-refractivity contribution in [3.8, 4) is 0 Å². The maximum atomic E-state index is 12.6. The maximum Gasteiger partial charge on any atom is 0.417 e. The number of rotatable bonds is 8. The zero-order chi connectivity index (χ0) is 23.7. The Morgan fingerprint density at radius 3 is 2.74 bits per heavy atom. The van der Waals surface area contributed by atoms with Gasteiger partial charge in [0.1, 0.15) is 9.73 Å². The van der Waals surface area contributed by atoms with E-state index in [-0.39, 0.29) is 0 Å². The number of piperazine rings is 1. The molecule has 11 heteroatoms. The van der Waals surface area contributed by atoms with Gasteiger partial charge in [-0.15, -0.1) is 11.3 Å². The van der Waals surface area contributed by atoms with Gasteiger partial charge in [-0.25, -0.2) is 17.9 Å². The fourth-order valence-electron chi connectivity index (χ4n) is 4.29. The molecular formula is C23H25ClN4O4S2. The number of aromatic amines is 1. The van der Waals surface area contributed by atoms with E-state index in [1.165, 1.54) is 11.3 Å². The lowest BCUT2D eigenvalue weighted by molar-refractivity contribution is 0.253. The van der Waals surface area contributed by atoms with Crippen LogP contribution >= 0.6 is 22.9 Å². The number of hydrogen-bond acceptors (Lipinski definition) is 7. The van der Waals surface area contributed by atoms with Crippen molar-refractivity contribution in [1.82, 2.24) is 14.6 Å². The van der Waals surface area contributed by atoms with Crippen LogP contribution in [0.5, 0.6) is 0 Å². The third kappa shape index (κ3) is 5.01. The molecule has 4 aromatic rings. The normalized spacial score (nSPS) is 15.5. The number of para-hydroxylation sites is 1. The van der Waals surface area contributed by atoms with E-state index in [2.05, 4.69) is 19.5 Å². The van der Waals surface area contributed by atoms with E-state index in [4.69, 9.17) is 16.0 Å². The second-order valence-corrected chi connectivity index (χ2v) is 11.9. The lowest BCUT2D eigenvalue weighted by Gasteiger charge is -2.36. The summed E-state index contributed by atoms with van der Waals surface area (Å²) in [6.07, 6.45) is 1.68. The summed E-state index contributed by atoms with van der Waals surface area (Å²) in [5, 5.41) is 1.43. The number of hydrogen-bond donors (Lipinski definition) is 2. The van der Waals surface area contributed by atoms with Crippen LogP contribution in [0.2, 0.25) is 5.02 Å². The number of sulfonamides is 1. The summed E-state index contributed by atoms with van der Waals surface area (Å²) in [6.45, 7) is 4.86. The number of aromatic nitrogens is 1. The molecule has 1 aliphatic rings. The van der Waals surface area contributed by atoms with Crippen molar-refractivity contribution in [2.75, 3.05) is 44.2 Å². The van der Waals surface area contributed by atoms with Crippen LogP contribution in [0, 0.1) is 0 Å². The van der Waals surface area contributed by atoms with E-state index in [1.807, 2.05) is 18.2 Å². The molecule has 2 N–H and O–H groups in total. The smallest absolute Gasteiger partial charge is 0.408 e. The van der Waals surface area contributed by atoms with E-state index in [9.17, 15) is 13.2 Å². The summed E-state index contributed by atoms with van der Waals surface area (Å²) in [7, 11) is -3.52. The lowest BCUT2D eigenvalue weighted by Crippen LogP contribution is -2.46. The summed E-state index contributed by atoms with van der Waals surface area (Å²) in [5.74, 6) is -0.437. The number of fused-ring (bicyclic) bond motifs is 2. The van der Waals surface area contributed by atoms with Gasteiger partial charge in [0.25, 0.3) is 0 Å². The zero-order valence-corrected chi connectivity index (χ0v) is 20.8. The molecule has 0 bridgehead atoms. The van der Waals surface area contributed by atoms with Gasteiger partial charge in [-0.3, -0.25) is 9.88 Å². The molecule has 0 atom stereocenters. The van der Waals surface area contributed by atoms with Crippen molar-refractivity contribution >= 4 is 59.8 Å². The van der Waals surface area contributed by atoms with Crippen LogP contribution in [0.3, 0.4) is 0 Å². The number of oxazole rings is 1. The first kappa shape index (κ1) is 23.4. The Bertz CT molecular complexity index is 1470. The Hall–Kier alpha value is -2.37. The molecule has 0 saturated carbocycles. The second kappa shape index (κ2) is 9.71. The monoisotopic (exact) mass is 520 g/mol. The number of unbranched alkanes of at least 4 members (excludes halogenated alkanes) is 1. The van der Waals surface area contributed by atoms with Crippen molar-refractivity contribution in [2.45, 2.75) is 17.1 Å². The Balaban J connectivity index is 1.07. The third-order valence-corrected chi connectivity index (χ3v) is 9.35. The highest BCUT2D eigenvalue weighted by atomic mass is 35.5. The number of thiophene rings is 1. The summed E-state index contributed by atoms with van der Waals surface area (Å²) in [4.78, 5) is 19.0. The van der Waals surface area contributed by atoms with Crippen LogP contribution in [0.25, 0.3) is 21.2 Å². The van der Waals surface area contributed by atoms with Crippen LogP contribution in [-0.4, -0.2) is 57.6 Å². The highest BCUT2D eigenvalue weighted by molar-refractivity contribution is 7.91. The van der Waals surface area contributed by atoms with Crippen molar-refractivity contribution in [3.63, 3.8) is 0 Å². The summed E-state index contributed by atoms with van der Waals surface area (Å²) < 4.78 is 34.4. The Morgan fingerprint density at radius 1 is 1.09 bits per heavy atom. The zero-order valence-electron chi connectivity index (χ0n) is 18.4. The minimum absolute atomic E-state index is 0.315. The van der Waals surface area contributed by atoms with Gasteiger partial charge < -0.3 is 9.32 Å². The molecule has 0 aliphatic carbocycles. The topological polar surface area (TPSA) is 98.6 Å². The summed E-state index contributed by atoms with van der Waals surface area (Å²) in [6, 6.07) is 12.8. The van der Waals surface area contributed by atoms with Crippen LogP contribution in [0.4, 0.5) is 5.69 Å². The van der Waals surface area contributed by atoms with Gasteiger partial charge in [0, 0.05) is 42.4 Å². The molecule has 5 rings (SSSR count). The largest absolute Gasteiger partial charge is 0.417 e. The van der Waals surface area contributed by atoms with Gasteiger partial charge in [-0.2, -0.15) is 0 Å². The first-order valence-corrected chi connectivity index (χ1v) is 13.8. The average molecular weight is 521 g/mol. The maximum absolute atomic E-state index is 12.6. The third-order valence-electron chi connectivity index (χ3n) is 6.06. The highest BCUT2D eigenvalue weighted by Crippen LogP contribution is 2.31. The van der Waals surface area contributed by atoms with E-state index in [1.54, 1.807) is 24.3 Å². The van der Waals surface area contributed by atoms with Gasteiger partial charge >= 0.3 is 5.76 Å². The molecule has 2 aromatic heterocycles. The average Bonchev–Trinajstić information content (AvgIpc) is 3.42. The molecule has 3 heterocycles. The molecule has 8 nitrogen and oxygen atoms in total. The Kier molecular flexibility index (Phi) is 6.67. The molecule has 1 saturated heterocycles. The molecule has 34 heavy (non-hydrogen) atoms. The van der Waals surface area contributed by atoms with Crippen LogP contribution in [-0.2, 0) is 10.0 Å². The first-order valence-electron chi connectivity index (χ1n) is 11.2. The van der Waals surface area contributed by atoms with Crippen molar-refractivity contribution in [3.05, 3.63) is 58.0 Å². The van der Waals surface area contributed by atoms with E-state index in [0.717, 1.165) is 66.9 Å². The van der Waals surface area contributed by atoms with Gasteiger partial charge in [0.15, 0.2) is 5.58 Å². The molecule has 2 aromatic carbocycles. The Labute approximate surface area is 206 Å². The van der Waals surface area contributed by atoms with Gasteiger partial charge in [-0.05, 0) is 61.2 Å². The quantitative estimate of drug-likeness (QED) is 0.342. The standard InChI is InChI=1S/C23H25ClN4O4S2/c24-17-6-7-20-16(14-17)15-21(33-20)34(30,31)25-8-1-2-9-27-10-12-28(13-11-27)18-4-3-5-19-22(18)26-23(29)32-19/h3-7,14-15,25H,1-2,8-13H2,(H,26,29). The fraction of sp³-hybridized carbons (Fsp3) is 0.348. The highest BCUT2D eigenvalue weighted by Gasteiger charge is 2.20. The predicted molar refractivity (Wildman–Crippen MR) is 137 cm³/mol. The van der Waals surface area contributed by atoms with E-state index >= 15 is 0 Å². The second-order valence-electron chi connectivity index (χ2n) is 8.35. The van der Waals surface area contributed by atoms with Crippen LogP contribution < -0.4 is 15.4 Å². The van der Waals surface area contributed by atoms with Gasteiger partial charge in [0.05, 0.1) is 5.69 Å². The van der Waals surface area contributed by atoms with Crippen molar-refractivity contribution in [1.29, 1.82) is 0 Å². The molecule has 0 spiro atoms. The molecule has 1 aliphatic heterocycles. The number of H-pyrrole nitrogens is 1. The van der Waals surface area contributed by atoms with Crippen molar-refractivity contribution < 1.29 is 12.8 Å². The summed E-state index contributed by atoms with van der Waals surface area (Å²) >= 11 is 7.26. The van der Waals surface area contributed by atoms with Crippen molar-refractivity contribution in [2.24, 2.45) is 0 Å². The molecular weight excluding hydrogens is 496 g/mol. The molecule has 0 unspecified atom stereocenters. The minimum atomic E-state index is -3.52. The number of nitrogens with one attached hydrogen (secondary N) is 2. The summed E-state index contributed by atoms with van der Waals surface area (Å²) in [5.41, 5.74) is 2.31. The number of benzene rings is 2. The number of anilines is 1.